The van der Waals surface area contributed by atoms with Crippen molar-refractivity contribution in [3.05, 3.63) is 0 Å². The van der Waals surface area contributed by atoms with Gasteiger partial charge in [0, 0.05) is 19.6 Å². The second kappa shape index (κ2) is 5.83. The molecule has 4 nitrogen and oxygen atoms in total. The van der Waals surface area contributed by atoms with Gasteiger partial charge in [-0.3, -0.25) is 9.69 Å². The summed E-state index contributed by atoms with van der Waals surface area (Å²) in [4.78, 5) is 14.4. The Morgan fingerprint density at radius 1 is 1.35 bits per heavy atom. The molecule has 17 heavy (non-hydrogen) atoms. The molecule has 0 aromatic carbocycles. The number of hydrogen-bond acceptors (Lipinski definition) is 3. The zero-order chi connectivity index (χ0) is 12.3. The van der Waals surface area contributed by atoms with Crippen molar-refractivity contribution in [2.75, 3.05) is 26.7 Å². The highest BCUT2D eigenvalue weighted by Crippen LogP contribution is 2.24. The average Bonchev–Trinajstić information content (AvgIpc) is 2.38. The predicted octanol–water partition coefficient (Wildman–Crippen LogP) is 0.585. The molecule has 0 bridgehead atoms. The van der Waals surface area contributed by atoms with E-state index in [2.05, 4.69) is 22.5 Å². The smallest absolute Gasteiger partial charge is 0.237 e. The van der Waals surface area contributed by atoms with Gasteiger partial charge in [0.1, 0.15) is 0 Å². The van der Waals surface area contributed by atoms with E-state index in [1.54, 1.807) is 7.05 Å². The van der Waals surface area contributed by atoms with Crippen LogP contribution in [0.4, 0.5) is 0 Å². The summed E-state index contributed by atoms with van der Waals surface area (Å²) in [5.74, 6) is 0.920. The summed E-state index contributed by atoms with van der Waals surface area (Å²) in [5, 5.41) is 6.30. The van der Waals surface area contributed by atoms with Crippen LogP contribution in [0.2, 0.25) is 0 Å². The third kappa shape index (κ3) is 2.99. The largest absolute Gasteiger partial charge is 0.358 e. The van der Waals surface area contributed by atoms with E-state index in [9.17, 15) is 4.79 Å². The Morgan fingerprint density at radius 3 is 2.88 bits per heavy atom. The van der Waals surface area contributed by atoms with Crippen LogP contribution in [0.1, 0.15) is 32.6 Å². The van der Waals surface area contributed by atoms with Crippen LogP contribution >= 0.6 is 0 Å². The predicted molar refractivity (Wildman–Crippen MR) is 68.9 cm³/mol. The third-order valence-corrected chi connectivity index (χ3v) is 4.11. The summed E-state index contributed by atoms with van der Waals surface area (Å²) in [6, 6.07) is 0.646. The fourth-order valence-corrected chi connectivity index (χ4v) is 3.22. The van der Waals surface area contributed by atoms with E-state index < -0.39 is 0 Å². The number of likely N-dealkylation sites (N-methyl/N-ethyl adjacent to an activating group) is 1. The van der Waals surface area contributed by atoms with Crippen LogP contribution in [0.25, 0.3) is 0 Å². The number of rotatable bonds is 2. The maximum absolute atomic E-state index is 11.9. The number of hydrogen-bond donors (Lipinski definition) is 2. The maximum atomic E-state index is 11.9. The molecule has 0 aromatic rings. The van der Waals surface area contributed by atoms with Crippen molar-refractivity contribution in [1.29, 1.82) is 0 Å². The van der Waals surface area contributed by atoms with Gasteiger partial charge in [0.25, 0.3) is 0 Å². The van der Waals surface area contributed by atoms with Crippen molar-refractivity contribution in [3.8, 4) is 0 Å². The number of nitrogens with zero attached hydrogens (tertiary/aromatic N) is 1. The summed E-state index contributed by atoms with van der Waals surface area (Å²) in [6.45, 7) is 5.53. The maximum Gasteiger partial charge on any atom is 0.237 e. The number of likely N-dealkylation sites (tertiary alicyclic amines) is 1. The van der Waals surface area contributed by atoms with E-state index in [1.165, 1.54) is 19.3 Å². The van der Waals surface area contributed by atoms with Crippen LogP contribution in [0, 0.1) is 5.92 Å². The Labute approximate surface area is 104 Å². The molecule has 2 aliphatic rings. The standard InChI is InChI=1S/C13H25N3O/c1-10-7-11(9-15-8-10)16-6-4-3-5-12(16)13(17)14-2/h10-12,15H,3-9H2,1-2H3,(H,14,17). The Kier molecular flexibility index (Phi) is 4.40. The molecule has 2 fully saturated rings. The molecule has 3 unspecified atom stereocenters. The van der Waals surface area contributed by atoms with Crippen molar-refractivity contribution in [2.24, 2.45) is 5.92 Å². The van der Waals surface area contributed by atoms with Gasteiger partial charge < -0.3 is 10.6 Å². The number of nitrogens with one attached hydrogen (secondary N) is 2. The molecular formula is C13H25N3O. The monoisotopic (exact) mass is 239 g/mol. The molecule has 2 rings (SSSR count). The second-order valence-corrected chi connectivity index (χ2v) is 5.52. The first-order chi connectivity index (χ1) is 8.22. The summed E-state index contributed by atoms with van der Waals surface area (Å²) in [5.41, 5.74) is 0. The number of piperidine rings is 2. The lowest BCUT2D eigenvalue weighted by atomic mass is 9.92. The highest BCUT2D eigenvalue weighted by Gasteiger charge is 2.34. The van der Waals surface area contributed by atoms with Gasteiger partial charge in [0.15, 0.2) is 0 Å². The molecule has 2 saturated heterocycles. The molecule has 2 heterocycles. The molecule has 0 spiro atoms. The lowest BCUT2D eigenvalue weighted by molar-refractivity contribution is -0.128. The molecular weight excluding hydrogens is 214 g/mol. The molecule has 2 aliphatic heterocycles. The first kappa shape index (κ1) is 12.8. The minimum absolute atomic E-state index is 0.103. The fourth-order valence-electron chi connectivity index (χ4n) is 3.22. The Hall–Kier alpha value is -0.610. The lowest BCUT2D eigenvalue weighted by Crippen LogP contribution is -2.57. The zero-order valence-electron chi connectivity index (χ0n) is 11.0. The van der Waals surface area contributed by atoms with Crippen molar-refractivity contribution in [3.63, 3.8) is 0 Å². The Morgan fingerprint density at radius 2 is 2.18 bits per heavy atom. The lowest BCUT2D eigenvalue weighted by Gasteiger charge is -2.43. The fraction of sp³-hybridized carbons (Fsp3) is 0.923. The van der Waals surface area contributed by atoms with Gasteiger partial charge in [0.05, 0.1) is 6.04 Å². The van der Waals surface area contributed by atoms with Crippen molar-refractivity contribution < 1.29 is 4.79 Å². The first-order valence-corrected chi connectivity index (χ1v) is 6.90. The van der Waals surface area contributed by atoms with Crippen molar-refractivity contribution in [1.82, 2.24) is 15.5 Å². The quantitative estimate of drug-likeness (QED) is 0.741. The topological polar surface area (TPSA) is 44.4 Å². The van der Waals surface area contributed by atoms with E-state index in [-0.39, 0.29) is 11.9 Å². The van der Waals surface area contributed by atoms with Gasteiger partial charge in [-0.2, -0.15) is 0 Å². The van der Waals surface area contributed by atoms with E-state index in [1.807, 2.05) is 0 Å². The number of carbonyl (C=O) groups is 1. The van der Waals surface area contributed by atoms with E-state index in [0.29, 0.717) is 6.04 Å². The molecule has 3 atom stereocenters. The number of carbonyl (C=O) groups excluding carboxylic acids is 1. The molecule has 0 saturated carbocycles. The van der Waals surface area contributed by atoms with Gasteiger partial charge >= 0.3 is 0 Å². The molecule has 0 aliphatic carbocycles. The van der Waals surface area contributed by atoms with Crippen LogP contribution in [-0.4, -0.2) is 49.6 Å². The van der Waals surface area contributed by atoms with Gasteiger partial charge in [-0.25, -0.2) is 0 Å². The highest BCUT2D eigenvalue weighted by molar-refractivity contribution is 5.81. The van der Waals surface area contributed by atoms with Crippen molar-refractivity contribution >= 4 is 5.91 Å². The summed E-state index contributed by atoms with van der Waals surface area (Å²) in [7, 11) is 1.75. The van der Waals surface area contributed by atoms with Gasteiger partial charge in [0.2, 0.25) is 5.91 Å². The molecule has 98 valence electrons. The minimum Gasteiger partial charge on any atom is -0.358 e. The summed E-state index contributed by atoms with van der Waals surface area (Å²) in [6.07, 6.45) is 4.66. The SMILES string of the molecule is CNC(=O)C1CCCCN1C1CNCC(C)C1. The Balaban J connectivity index is 2.02. The minimum atomic E-state index is 0.103. The summed E-state index contributed by atoms with van der Waals surface area (Å²) < 4.78 is 0. The van der Waals surface area contributed by atoms with E-state index >= 15 is 0 Å². The molecule has 0 aromatic heterocycles. The van der Waals surface area contributed by atoms with Crippen LogP contribution in [0.15, 0.2) is 0 Å². The normalized spacial score (nSPS) is 35.5. The van der Waals surface area contributed by atoms with Crippen molar-refractivity contribution in [2.45, 2.75) is 44.7 Å². The molecule has 2 N–H and O–H groups in total. The summed E-state index contributed by atoms with van der Waals surface area (Å²) >= 11 is 0. The van der Waals surface area contributed by atoms with Crippen LogP contribution in [-0.2, 0) is 4.79 Å². The van der Waals surface area contributed by atoms with E-state index in [0.717, 1.165) is 32.0 Å². The van der Waals surface area contributed by atoms with Gasteiger partial charge in [-0.05, 0) is 38.3 Å². The van der Waals surface area contributed by atoms with Crippen LogP contribution in [0.5, 0.6) is 0 Å². The second-order valence-electron chi connectivity index (χ2n) is 5.52. The third-order valence-electron chi connectivity index (χ3n) is 4.11. The average molecular weight is 239 g/mol. The zero-order valence-corrected chi connectivity index (χ0v) is 11.0. The van der Waals surface area contributed by atoms with E-state index in [4.69, 9.17) is 0 Å². The molecule has 1 amide bonds. The van der Waals surface area contributed by atoms with Crippen LogP contribution in [0.3, 0.4) is 0 Å². The van der Waals surface area contributed by atoms with Gasteiger partial charge in [-0.15, -0.1) is 0 Å². The van der Waals surface area contributed by atoms with Crippen LogP contribution < -0.4 is 10.6 Å². The Bertz CT molecular complexity index is 269. The number of amides is 1. The van der Waals surface area contributed by atoms with Gasteiger partial charge in [-0.1, -0.05) is 13.3 Å². The molecule has 4 heteroatoms. The highest BCUT2D eigenvalue weighted by atomic mass is 16.2. The molecule has 0 radical (unpaired) electrons. The first-order valence-electron chi connectivity index (χ1n) is 6.90.